The van der Waals surface area contributed by atoms with E-state index in [1.807, 2.05) is 54.2 Å². The van der Waals surface area contributed by atoms with Crippen molar-refractivity contribution in [1.29, 1.82) is 0 Å². The zero-order valence-electron chi connectivity index (χ0n) is 19.6. The molecule has 0 radical (unpaired) electrons. The number of carbonyl (C=O) groups is 2. The van der Waals surface area contributed by atoms with Crippen molar-refractivity contribution < 1.29 is 18.7 Å². The average molecular weight is 472 g/mol. The molecule has 1 aliphatic rings. The number of aromatic nitrogens is 1. The maximum atomic E-state index is 14.5. The van der Waals surface area contributed by atoms with E-state index in [0.29, 0.717) is 24.3 Å². The predicted octanol–water partition coefficient (Wildman–Crippen LogP) is 4.88. The number of hydrogen-bond donors (Lipinski definition) is 1. The summed E-state index contributed by atoms with van der Waals surface area (Å²) >= 11 is 0. The fourth-order valence-corrected chi connectivity index (χ4v) is 5.04. The number of anilines is 1. The van der Waals surface area contributed by atoms with Crippen molar-refractivity contribution in [3.05, 3.63) is 102 Å². The van der Waals surface area contributed by atoms with E-state index < -0.39 is 17.8 Å². The van der Waals surface area contributed by atoms with Gasteiger partial charge < -0.3 is 19.5 Å². The van der Waals surface area contributed by atoms with Crippen molar-refractivity contribution in [2.45, 2.75) is 12.0 Å². The lowest BCUT2D eigenvalue weighted by Gasteiger charge is -2.41. The number of rotatable bonds is 6. The molecular weight excluding hydrogens is 445 g/mol. The summed E-state index contributed by atoms with van der Waals surface area (Å²) in [5.74, 6) is -1.81. The van der Waals surface area contributed by atoms with Crippen LogP contribution in [0.5, 0.6) is 0 Å². The van der Waals surface area contributed by atoms with Crippen LogP contribution in [0.15, 0.2) is 79.0 Å². The molecule has 0 spiro atoms. The van der Waals surface area contributed by atoms with Crippen molar-refractivity contribution in [2.24, 2.45) is 7.05 Å². The van der Waals surface area contributed by atoms with Gasteiger partial charge in [-0.3, -0.25) is 9.59 Å². The summed E-state index contributed by atoms with van der Waals surface area (Å²) in [7, 11) is 3.52. The van der Waals surface area contributed by atoms with Gasteiger partial charge in [0.1, 0.15) is 5.82 Å². The van der Waals surface area contributed by atoms with Gasteiger partial charge in [-0.05, 0) is 29.8 Å². The number of halogens is 1. The molecule has 0 saturated heterocycles. The highest BCUT2D eigenvalue weighted by atomic mass is 19.1. The van der Waals surface area contributed by atoms with Gasteiger partial charge in [0.05, 0.1) is 24.3 Å². The quantitative estimate of drug-likeness (QED) is 0.436. The first kappa shape index (κ1) is 22.8. The third-order valence-electron chi connectivity index (χ3n) is 6.64. The fraction of sp³-hybridized carbons (Fsp3) is 0.214. The van der Waals surface area contributed by atoms with Gasteiger partial charge in [-0.25, -0.2) is 4.39 Å². The Morgan fingerprint density at radius 2 is 1.71 bits per heavy atom. The van der Waals surface area contributed by atoms with Crippen LogP contribution >= 0.6 is 0 Å². The van der Waals surface area contributed by atoms with Crippen LogP contribution in [-0.4, -0.2) is 41.5 Å². The third kappa shape index (κ3) is 3.98. The molecule has 2 heterocycles. The average Bonchev–Trinajstić information content (AvgIpc) is 3.21. The highest BCUT2D eigenvalue weighted by Crippen LogP contribution is 2.45. The minimum Gasteiger partial charge on any atom is -0.383 e. The van der Waals surface area contributed by atoms with Crippen LogP contribution in [0, 0.1) is 5.82 Å². The largest absolute Gasteiger partial charge is 0.383 e. The predicted molar refractivity (Wildman–Crippen MR) is 133 cm³/mol. The number of ether oxygens (including phenoxy) is 1. The van der Waals surface area contributed by atoms with Gasteiger partial charge in [0.15, 0.2) is 0 Å². The molecule has 6 nitrogen and oxygen atoms in total. The molecule has 3 aromatic carbocycles. The van der Waals surface area contributed by atoms with Gasteiger partial charge in [-0.15, -0.1) is 0 Å². The summed E-state index contributed by atoms with van der Waals surface area (Å²) < 4.78 is 21.8. The van der Waals surface area contributed by atoms with Crippen molar-refractivity contribution in [3.63, 3.8) is 0 Å². The minimum absolute atomic E-state index is 0.104. The zero-order chi connectivity index (χ0) is 24.5. The molecule has 0 fully saturated rings. The lowest BCUT2D eigenvalue weighted by Crippen LogP contribution is -2.47. The summed E-state index contributed by atoms with van der Waals surface area (Å²) in [4.78, 5) is 29.3. The first-order chi connectivity index (χ1) is 17.0. The SMILES string of the molecule is COCCN1C(=O)c2ccccc2C(C(=O)Nc2ccccc2F)C1c1cn(C)c2ccccc12. The van der Waals surface area contributed by atoms with Crippen LogP contribution in [0.25, 0.3) is 10.9 Å². The van der Waals surface area contributed by atoms with E-state index in [4.69, 9.17) is 4.74 Å². The first-order valence-electron chi connectivity index (χ1n) is 11.5. The first-order valence-corrected chi connectivity index (χ1v) is 11.5. The van der Waals surface area contributed by atoms with Gasteiger partial charge in [0.2, 0.25) is 5.91 Å². The van der Waals surface area contributed by atoms with Gasteiger partial charge in [0.25, 0.3) is 5.91 Å². The highest BCUT2D eigenvalue weighted by molar-refractivity contribution is 6.05. The molecule has 35 heavy (non-hydrogen) atoms. The number of amides is 2. The number of nitrogens with zero attached hydrogens (tertiary/aromatic N) is 2. The second-order valence-corrected chi connectivity index (χ2v) is 8.68. The monoisotopic (exact) mass is 471 g/mol. The topological polar surface area (TPSA) is 63.6 Å². The Hall–Kier alpha value is -3.97. The standard InChI is InChI=1S/C28H26FN3O3/c1-31-17-21(18-9-5-8-14-24(18)31)26-25(27(33)30-23-13-7-6-12-22(23)29)19-10-3-4-11-20(19)28(34)32(26)15-16-35-2/h3-14,17,25-26H,15-16H2,1-2H3,(H,30,33). The molecule has 178 valence electrons. The van der Waals surface area contributed by atoms with E-state index in [-0.39, 0.29) is 17.5 Å². The van der Waals surface area contributed by atoms with E-state index in [2.05, 4.69) is 5.32 Å². The summed E-state index contributed by atoms with van der Waals surface area (Å²) in [5.41, 5.74) is 3.04. The molecule has 1 N–H and O–H groups in total. The number of carbonyl (C=O) groups excluding carboxylic acids is 2. The van der Waals surface area contributed by atoms with Gasteiger partial charge >= 0.3 is 0 Å². The molecule has 0 saturated carbocycles. The fourth-order valence-electron chi connectivity index (χ4n) is 5.04. The maximum absolute atomic E-state index is 14.5. The van der Waals surface area contributed by atoms with Crippen LogP contribution in [0.2, 0.25) is 0 Å². The Labute approximate surface area is 202 Å². The number of methoxy groups -OCH3 is 1. The Balaban J connectivity index is 1.71. The third-order valence-corrected chi connectivity index (χ3v) is 6.64. The summed E-state index contributed by atoms with van der Waals surface area (Å²) in [6, 6.07) is 20.5. The number of benzene rings is 3. The number of fused-ring (bicyclic) bond motifs is 2. The Morgan fingerprint density at radius 3 is 2.51 bits per heavy atom. The molecule has 0 bridgehead atoms. The van der Waals surface area contributed by atoms with Crippen molar-refractivity contribution in [3.8, 4) is 0 Å². The van der Waals surface area contributed by atoms with Crippen LogP contribution in [0.1, 0.15) is 33.4 Å². The molecule has 1 aromatic heterocycles. The van der Waals surface area contributed by atoms with Crippen LogP contribution in [0.4, 0.5) is 10.1 Å². The van der Waals surface area contributed by atoms with Gasteiger partial charge in [0, 0.05) is 48.9 Å². The van der Waals surface area contributed by atoms with Crippen LogP contribution in [0.3, 0.4) is 0 Å². The van der Waals surface area contributed by atoms with Crippen molar-refractivity contribution >= 4 is 28.4 Å². The van der Waals surface area contributed by atoms with E-state index in [9.17, 15) is 14.0 Å². The van der Waals surface area contributed by atoms with E-state index in [1.165, 1.54) is 12.1 Å². The van der Waals surface area contributed by atoms with E-state index >= 15 is 0 Å². The second kappa shape index (κ2) is 9.35. The van der Waals surface area contributed by atoms with Crippen LogP contribution < -0.4 is 5.32 Å². The molecule has 2 amide bonds. The van der Waals surface area contributed by atoms with Crippen molar-refractivity contribution in [1.82, 2.24) is 9.47 Å². The molecular formula is C28H26FN3O3. The van der Waals surface area contributed by atoms with E-state index in [1.54, 1.807) is 36.3 Å². The van der Waals surface area contributed by atoms with Crippen molar-refractivity contribution in [2.75, 3.05) is 25.6 Å². The number of aryl methyl sites for hydroxylation is 1. The minimum atomic E-state index is -0.758. The molecule has 4 aromatic rings. The van der Waals surface area contributed by atoms with Gasteiger partial charge in [-0.2, -0.15) is 0 Å². The molecule has 7 heteroatoms. The summed E-state index contributed by atoms with van der Waals surface area (Å²) in [5, 5.41) is 3.73. The molecule has 2 unspecified atom stereocenters. The Morgan fingerprint density at radius 1 is 1.00 bits per heavy atom. The molecule has 1 aliphatic heterocycles. The Kier molecular flexibility index (Phi) is 6.09. The highest BCUT2D eigenvalue weighted by Gasteiger charge is 2.45. The molecule has 0 aliphatic carbocycles. The lowest BCUT2D eigenvalue weighted by atomic mass is 9.79. The second-order valence-electron chi connectivity index (χ2n) is 8.68. The lowest BCUT2D eigenvalue weighted by molar-refractivity contribution is -0.119. The van der Waals surface area contributed by atoms with Gasteiger partial charge in [-0.1, -0.05) is 48.5 Å². The van der Waals surface area contributed by atoms with Crippen LogP contribution in [-0.2, 0) is 16.6 Å². The summed E-state index contributed by atoms with van der Waals surface area (Å²) in [6.07, 6.45) is 1.97. The maximum Gasteiger partial charge on any atom is 0.254 e. The normalized spacial score (nSPS) is 17.5. The summed E-state index contributed by atoms with van der Waals surface area (Å²) in [6.45, 7) is 0.623. The zero-order valence-corrected chi connectivity index (χ0v) is 19.6. The molecule has 5 rings (SSSR count). The Bertz CT molecular complexity index is 1410. The number of hydrogen-bond acceptors (Lipinski definition) is 3. The number of para-hydroxylation sites is 2. The van der Waals surface area contributed by atoms with E-state index in [0.717, 1.165) is 16.5 Å². The number of nitrogens with one attached hydrogen (secondary N) is 1. The molecule has 2 atom stereocenters. The smallest absolute Gasteiger partial charge is 0.254 e.